The lowest BCUT2D eigenvalue weighted by Crippen LogP contribution is -2.14. The summed E-state index contributed by atoms with van der Waals surface area (Å²) in [6, 6.07) is 16.2. The van der Waals surface area contributed by atoms with Crippen LogP contribution in [0.2, 0.25) is 0 Å². The molecule has 0 fully saturated rings. The zero-order chi connectivity index (χ0) is 23.7. The summed E-state index contributed by atoms with van der Waals surface area (Å²) in [5.74, 6) is 0.819. The molecule has 186 valence electrons. The van der Waals surface area contributed by atoms with Crippen molar-refractivity contribution in [2.75, 3.05) is 72.7 Å². The van der Waals surface area contributed by atoms with Crippen molar-refractivity contribution < 1.29 is 28.4 Å². The Balaban J connectivity index is 1.14. The van der Waals surface area contributed by atoms with E-state index in [2.05, 4.69) is 13.0 Å². The third kappa shape index (κ3) is 10.0. The lowest BCUT2D eigenvalue weighted by molar-refractivity contribution is -0.0126. The Morgan fingerprint density at radius 2 is 1.15 bits per heavy atom. The number of benzene rings is 2. The van der Waals surface area contributed by atoms with Gasteiger partial charge in [0.05, 0.1) is 69.7 Å². The molecule has 0 aliphatic heterocycles. The molecule has 0 aliphatic rings. The van der Waals surface area contributed by atoms with Crippen molar-refractivity contribution in [2.45, 2.75) is 13.3 Å². The van der Waals surface area contributed by atoms with Gasteiger partial charge in [0.25, 0.3) is 0 Å². The van der Waals surface area contributed by atoms with Crippen molar-refractivity contribution in [3.63, 3.8) is 0 Å². The Morgan fingerprint density at radius 3 is 1.71 bits per heavy atom. The van der Waals surface area contributed by atoms with Gasteiger partial charge in [-0.15, -0.1) is 11.3 Å². The number of ether oxygens (including phenoxy) is 6. The van der Waals surface area contributed by atoms with Crippen molar-refractivity contribution in [1.82, 2.24) is 4.98 Å². The smallest absolute Gasteiger partial charge is 0.124 e. The van der Waals surface area contributed by atoms with Gasteiger partial charge in [0.1, 0.15) is 17.4 Å². The monoisotopic (exact) mass is 489 g/mol. The van der Waals surface area contributed by atoms with Crippen LogP contribution in [0.25, 0.3) is 20.8 Å². The predicted molar refractivity (Wildman–Crippen MR) is 135 cm³/mol. The Hall–Kier alpha value is -2.07. The lowest BCUT2D eigenvalue weighted by Gasteiger charge is -2.09. The second-order valence-corrected chi connectivity index (χ2v) is 8.45. The van der Waals surface area contributed by atoms with E-state index in [1.165, 1.54) is 4.70 Å². The third-order valence-electron chi connectivity index (χ3n) is 4.73. The van der Waals surface area contributed by atoms with E-state index in [1.807, 2.05) is 42.5 Å². The summed E-state index contributed by atoms with van der Waals surface area (Å²) in [5.41, 5.74) is 2.13. The lowest BCUT2D eigenvalue weighted by atomic mass is 10.2. The zero-order valence-corrected chi connectivity index (χ0v) is 20.7. The second kappa shape index (κ2) is 16.5. The first-order valence-corrected chi connectivity index (χ1v) is 12.7. The molecule has 2 aromatic carbocycles. The van der Waals surface area contributed by atoms with Gasteiger partial charge < -0.3 is 28.4 Å². The maximum absolute atomic E-state index is 5.75. The first-order chi connectivity index (χ1) is 16.9. The van der Waals surface area contributed by atoms with E-state index >= 15 is 0 Å². The maximum atomic E-state index is 5.75. The molecule has 0 spiro atoms. The minimum atomic E-state index is 0.493. The molecule has 0 aliphatic carbocycles. The first kappa shape index (κ1) is 26.5. The van der Waals surface area contributed by atoms with E-state index in [0.29, 0.717) is 66.1 Å². The van der Waals surface area contributed by atoms with Crippen LogP contribution in [0.15, 0.2) is 48.5 Å². The van der Waals surface area contributed by atoms with Gasteiger partial charge >= 0.3 is 0 Å². The van der Waals surface area contributed by atoms with Gasteiger partial charge in [-0.05, 0) is 42.8 Å². The van der Waals surface area contributed by atoms with E-state index in [0.717, 1.165) is 34.9 Å². The van der Waals surface area contributed by atoms with Crippen molar-refractivity contribution >= 4 is 21.6 Å². The molecule has 0 unspecified atom stereocenters. The van der Waals surface area contributed by atoms with Crippen LogP contribution in [0.3, 0.4) is 0 Å². The summed E-state index contributed by atoms with van der Waals surface area (Å²) in [7, 11) is 0. The summed E-state index contributed by atoms with van der Waals surface area (Å²) in [6.07, 6.45) is 1.03. The molecule has 3 aromatic rings. The average molecular weight is 490 g/mol. The highest BCUT2D eigenvalue weighted by Crippen LogP contribution is 2.30. The normalized spacial score (nSPS) is 11.3. The molecule has 34 heavy (non-hydrogen) atoms. The van der Waals surface area contributed by atoms with Gasteiger partial charge in [-0.3, -0.25) is 0 Å². The van der Waals surface area contributed by atoms with Crippen LogP contribution in [-0.2, 0) is 23.7 Å². The Labute approximate surface area is 205 Å². The van der Waals surface area contributed by atoms with Gasteiger partial charge in [-0.1, -0.05) is 19.1 Å². The molecule has 0 bridgehead atoms. The molecule has 0 atom stereocenters. The van der Waals surface area contributed by atoms with Crippen LogP contribution in [0.4, 0.5) is 0 Å². The van der Waals surface area contributed by atoms with Crippen LogP contribution in [0, 0.1) is 0 Å². The highest BCUT2D eigenvalue weighted by molar-refractivity contribution is 7.21. The second-order valence-electron chi connectivity index (χ2n) is 7.42. The van der Waals surface area contributed by atoms with Crippen molar-refractivity contribution in [1.29, 1.82) is 0 Å². The van der Waals surface area contributed by atoms with E-state index in [4.69, 9.17) is 33.4 Å². The molecule has 7 nitrogen and oxygen atoms in total. The number of aromatic nitrogens is 1. The first-order valence-electron chi connectivity index (χ1n) is 11.8. The number of thiazole rings is 1. The van der Waals surface area contributed by atoms with Crippen molar-refractivity contribution in [2.24, 2.45) is 0 Å². The quantitative estimate of drug-likeness (QED) is 0.223. The molecule has 0 radical (unpaired) electrons. The van der Waals surface area contributed by atoms with Crippen LogP contribution >= 0.6 is 11.3 Å². The third-order valence-corrected chi connectivity index (χ3v) is 5.81. The summed E-state index contributed by atoms with van der Waals surface area (Å²) in [5, 5.41) is 1.02. The molecule has 8 heteroatoms. The summed E-state index contributed by atoms with van der Waals surface area (Å²) in [6.45, 7) is 8.41. The summed E-state index contributed by atoms with van der Waals surface area (Å²) in [4.78, 5) is 4.69. The van der Waals surface area contributed by atoms with Gasteiger partial charge in [0.15, 0.2) is 0 Å². The molecule has 0 saturated carbocycles. The molecular formula is C26H35NO6S. The highest BCUT2D eigenvalue weighted by Gasteiger charge is 2.06. The maximum Gasteiger partial charge on any atom is 0.124 e. The molecule has 0 N–H and O–H groups in total. The number of hydrogen-bond acceptors (Lipinski definition) is 8. The van der Waals surface area contributed by atoms with Gasteiger partial charge in [0, 0.05) is 12.2 Å². The molecule has 0 amide bonds. The number of fused-ring (bicyclic) bond motifs is 1. The Kier molecular flexibility index (Phi) is 12.9. The number of para-hydroxylation sites is 1. The SMILES string of the molecule is CCCOCCOCCOCCOCCOCCOc1ccc(-c2nc3ccccc3s2)cc1. The standard InChI is InChI=1S/C26H35NO6S/c1-2-11-28-12-13-29-14-15-30-16-17-31-18-19-32-20-21-33-23-9-7-22(8-10-23)26-27-24-5-3-4-6-25(24)34-26/h3-10H,2,11-21H2,1H3. The van der Waals surface area contributed by atoms with Gasteiger partial charge in [-0.2, -0.15) is 0 Å². The average Bonchev–Trinajstić information content (AvgIpc) is 3.31. The fraction of sp³-hybridized carbons (Fsp3) is 0.500. The minimum absolute atomic E-state index is 0.493. The summed E-state index contributed by atoms with van der Waals surface area (Å²) >= 11 is 1.70. The van der Waals surface area contributed by atoms with Gasteiger partial charge in [0.2, 0.25) is 0 Å². The Morgan fingerprint density at radius 1 is 0.618 bits per heavy atom. The van der Waals surface area contributed by atoms with Crippen LogP contribution in [0.1, 0.15) is 13.3 Å². The Bertz CT molecular complexity index is 884. The zero-order valence-electron chi connectivity index (χ0n) is 19.9. The van der Waals surface area contributed by atoms with Crippen LogP contribution in [-0.4, -0.2) is 77.7 Å². The number of nitrogens with zero attached hydrogens (tertiary/aromatic N) is 1. The van der Waals surface area contributed by atoms with Crippen molar-refractivity contribution in [3.05, 3.63) is 48.5 Å². The van der Waals surface area contributed by atoms with Crippen LogP contribution < -0.4 is 4.74 Å². The van der Waals surface area contributed by atoms with Crippen LogP contribution in [0.5, 0.6) is 5.75 Å². The van der Waals surface area contributed by atoms with Crippen molar-refractivity contribution in [3.8, 4) is 16.3 Å². The molecule has 0 saturated heterocycles. The van der Waals surface area contributed by atoms with E-state index < -0.39 is 0 Å². The van der Waals surface area contributed by atoms with Gasteiger partial charge in [-0.25, -0.2) is 4.98 Å². The minimum Gasteiger partial charge on any atom is -0.491 e. The highest BCUT2D eigenvalue weighted by atomic mass is 32.1. The van der Waals surface area contributed by atoms with E-state index in [1.54, 1.807) is 11.3 Å². The predicted octanol–water partition coefficient (Wildman–Crippen LogP) is 4.84. The molecular weight excluding hydrogens is 454 g/mol. The molecule has 3 rings (SSSR count). The fourth-order valence-electron chi connectivity index (χ4n) is 3.03. The topological polar surface area (TPSA) is 68.3 Å². The largest absolute Gasteiger partial charge is 0.491 e. The van der Waals surface area contributed by atoms with E-state index in [9.17, 15) is 0 Å². The van der Waals surface area contributed by atoms with E-state index in [-0.39, 0.29) is 0 Å². The summed E-state index contributed by atoms with van der Waals surface area (Å²) < 4.78 is 34.2. The fourth-order valence-corrected chi connectivity index (χ4v) is 4.01. The number of rotatable bonds is 19. The number of hydrogen-bond donors (Lipinski definition) is 0. The molecule has 1 aromatic heterocycles. The molecule has 1 heterocycles.